The number of anilines is 3. The summed E-state index contributed by atoms with van der Waals surface area (Å²) in [6.07, 6.45) is 5.16. The smallest absolute Gasteiger partial charge is 0.227 e. The lowest BCUT2D eigenvalue weighted by Gasteiger charge is -2.08. The summed E-state index contributed by atoms with van der Waals surface area (Å²) in [6, 6.07) is 13.0. The molecule has 3 rings (SSSR count). The van der Waals surface area contributed by atoms with E-state index in [1.54, 1.807) is 18.6 Å². The maximum Gasteiger partial charge on any atom is 0.227 e. The van der Waals surface area contributed by atoms with E-state index in [2.05, 4.69) is 25.6 Å². The zero-order valence-electron chi connectivity index (χ0n) is 12.5. The molecular formula is C17H15N5O. The summed E-state index contributed by atoms with van der Waals surface area (Å²) in [4.78, 5) is 23.9. The van der Waals surface area contributed by atoms with E-state index < -0.39 is 0 Å². The SMILES string of the molecule is CC(=O)Nc1cccc(Nc2nccc(-c3cccnc3)n2)c1. The number of nitrogens with one attached hydrogen (secondary N) is 2. The first-order valence-corrected chi connectivity index (χ1v) is 7.09. The Kier molecular flexibility index (Phi) is 4.24. The van der Waals surface area contributed by atoms with Gasteiger partial charge < -0.3 is 10.6 Å². The summed E-state index contributed by atoms with van der Waals surface area (Å²) in [5.74, 6) is 0.364. The maximum atomic E-state index is 11.1. The molecule has 0 saturated heterocycles. The predicted octanol–water partition coefficient (Wildman–Crippen LogP) is 3.24. The molecule has 0 unspecified atom stereocenters. The molecule has 0 aliphatic heterocycles. The molecule has 6 heteroatoms. The highest BCUT2D eigenvalue weighted by Crippen LogP contribution is 2.20. The lowest BCUT2D eigenvalue weighted by molar-refractivity contribution is -0.114. The van der Waals surface area contributed by atoms with Gasteiger partial charge in [0.15, 0.2) is 0 Å². The molecule has 2 aromatic heterocycles. The Balaban J connectivity index is 1.82. The van der Waals surface area contributed by atoms with Crippen molar-refractivity contribution < 1.29 is 4.79 Å². The fourth-order valence-electron chi connectivity index (χ4n) is 2.10. The Morgan fingerprint density at radius 1 is 1.04 bits per heavy atom. The number of amides is 1. The molecule has 0 fully saturated rings. The Hall–Kier alpha value is -3.28. The van der Waals surface area contributed by atoms with Gasteiger partial charge in [0, 0.05) is 42.5 Å². The highest BCUT2D eigenvalue weighted by Gasteiger charge is 2.04. The van der Waals surface area contributed by atoms with Gasteiger partial charge in [-0.25, -0.2) is 9.97 Å². The Morgan fingerprint density at radius 3 is 2.70 bits per heavy atom. The van der Waals surface area contributed by atoms with Crippen LogP contribution in [0.15, 0.2) is 61.1 Å². The van der Waals surface area contributed by atoms with Gasteiger partial charge in [0.1, 0.15) is 0 Å². The van der Waals surface area contributed by atoms with Crippen molar-refractivity contribution in [3.8, 4) is 11.3 Å². The van der Waals surface area contributed by atoms with Gasteiger partial charge in [-0.15, -0.1) is 0 Å². The van der Waals surface area contributed by atoms with Gasteiger partial charge in [-0.3, -0.25) is 9.78 Å². The standard InChI is InChI=1S/C17H15N5O/c1-12(23)20-14-5-2-6-15(10-14)21-17-19-9-7-16(22-17)13-4-3-8-18-11-13/h2-11H,1H3,(H,20,23)(H,19,21,22). The number of nitrogens with zero attached hydrogens (tertiary/aromatic N) is 3. The number of carbonyl (C=O) groups is 1. The van der Waals surface area contributed by atoms with Crippen LogP contribution in [0.5, 0.6) is 0 Å². The first kappa shape index (κ1) is 14.6. The largest absolute Gasteiger partial charge is 0.326 e. The van der Waals surface area contributed by atoms with Crippen molar-refractivity contribution in [2.45, 2.75) is 6.92 Å². The zero-order chi connectivity index (χ0) is 16.1. The molecule has 1 aromatic carbocycles. The average Bonchev–Trinajstić information content (AvgIpc) is 2.56. The summed E-state index contributed by atoms with van der Waals surface area (Å²) in [5, 5.41) is 5.87. The lowest BCUT2D eigenvalue weighted by atomic mass is 10.2. The third-order valence-corrected chi connectivity index (χ3v) is 3.05. The number of hydrogen-bond donors (Lipinski definition) is 2. The van der Waals surface area contributed by atoms with Crippen LogP contribution in [0.2, 0.25) is 0 Å². The van der Waals surface area contributed by atoms with E-state index in [0.717, 1.165) is 16.9 Å². The fraction of sp³-hybridized carbons (Fsp3) is 0.0588. The van der Waals surface area contributed by atoms with Gasteiger partial charge in [-0.2, -0.15) is 0 Å². The number of hydrogen-bond acceptors (Lipinski definition) is 5. The number of pyridine rings is 1. The quantitative estimate of drug-likeness (QED) is 0.773. The highest BCUT2D eigenvalue weighted by atomic mass is 16.1. The van der Waals surface area contributed by atoms with Crippen molar-refractivity contribution in [2.24, 2.45) is 0 Å². The molecule has 0 spiro atoms. The average molecular weight is 305 g/mol. The lowest BCUT2D eigenvalue weighted by Crippen LogP contribution is -2.06. The van der Waals surface area contributed by atoms with Crippen molar-refractivity contribution in [1.82, 2.24) is 15.0 Å². The Morgan fingerprint density at radius 2 is 1.91 bits per heavy atom. The molecule has 2 N–H and O–H groups in total. The molecule has 0 atom stereocenters. The van der Waals surface area contributed by atoms with Gasteiger partial charge in [0.25, 0.3) is 0 Å². The summed E-state index contributed by atoms with van der Waals surface area (Å²) in [6.45, 7) is 1.47. The van der Waals surface area contributed by atoms with Gasteiger partial charge in [-0.1, -0.05) is 6.07 Å². The number of benzene rings is 1. The minimum absolute atomic E-state index is 0.114. The van der Waals surface area contributed by atoms with Crippen molar-refractivity contribution in [3.63, 3.8) is 0 Å². The van der Waals surface area contributed by atoms with Crippen molar-refractivity contribution in [1.29, 1.82) is 0 Å². The molecule has 0 radical (unpaired) electrons. The molecule has 6 nitrogen and oxygen atoms in total. The van der Waals surface area contributed by atoms with Crippen LogP contribution in [0.25, 0.3) is 11.3 Å². The van der Waals surface area contributed by atoms with Gasteiger partial charge in [0.05, 0.1) is 5.69 Å². The molecule has 0 bridgehead atoms. The molecule has 0 aliphatic carbocycles. The topological polar surface area (TPSA) is 79.8 Å². The van der Waals surface area contributed by atoms with Crippen LogP contribution in [0.4, 0.5) is 17.3 Å². The van der Waals surface area contributed by atoms with Crippen molar-refractivity contribution >= 4 is 23.2 Å². The summed E-state index contributed by atoms with van der Waals surface area (Å²) >= 11 is 0. The second kappa shape index (κ2) is 6.65. The van der Waals surface area contributed by atoms with E-state index in [0.29, 0.717) is 11.6 Å². The number of carbonyl (C=O) groups excluding carboxylic acids is 1. The summed E-state index contributed by atoms with van der Waals surface area (Å²) in [5.41, 5.74) is 3.21. The number of rotatable bonds is 4. The monoisotopic (exact) mass is 305 g/mol. The fourth-order valence-corrected chi connectivity index (χ4v) is 2.10. The van der Waals surface area contributed by atoms with Crippen LogP contribution in [0.1, 0.15) is 6.92 Å². The van der Waals surface area contributed by atoms with Crippen molar-refractivity contribution in [2.75, 3.05) is 10.6 Å². The maximum absolute atomic E-state index is 11.1. The van der Waals surface area contributed by atoms with Crippen LogP contribution in [0.3, 0.4) is 0 Å². The Bertz CT molecular complexity index is 820. The first-order chi connectivity index (χ1) is 11.2. The van der Waals surface area contributed by atoms with E-state index >= 15 is 0 Å². The van der Waals surface area contributed by atoms with E-state index in [9.17, 15) is 4.79 Å². The predicted molar refractivity (Wildman–Crippen MR) is 89.3 cm³/mol. The third-order valence-electron chi connectivity index (χ3n) is 3.05. The zero-order valence-corrected chi connectivity index (χ0v) is 12.5. The van der Waals surface area contributed by atoms with Gasteiger partial charge >= 0.3 is 0 Å². The van der Waals surface area contributed by atoms with E-state index in [-0.39, 0.29) is 5.91 Å². The van der Waals surface area contributed by atoms with Gasteiger partial charge in [0.2, 0.25) is 11.9 Å². The summed E-state index contributed by atoms with van der Waals surface area (Å²) < 4.78 is 0. The van der Waals surface area contributed by atoms with Crippen LogP contribution in [-0.2, 0) is 4.79 Å². The normalized spacial score (nSPS) is 10.1. The van der Waals surface area contributed by atoms with Crippen molar-refractivity contribution in [3.05, 3.63) is 61.1 Å². The van der Waals surface area contributed by atoms with E-state index in [4.69, 9.17) is 0 Å². The molecule has 23 heavy (non-hydrogen) atoms. The second-order valence-corrected chi connectivity index (χ2v) is 4.89. The molecule has 114 valence electrons. The first-order valence-electron chi connectivity index (χ1n) is 7.09. The van der Waals surface area contributed by atoms with Gasteiger partial charge in [-0.05, 0) is 36.4 Å². The third kappa shape index (κ3) is 3.88. The van der Waals surface area contributed by atoms with Crippen LogP contribution >= 0.6 is 0 Å². The number of aromatic nitrogens is 3. The molecule has 0 aliphatic rings. The van der Waals surface area contributed by atoms with E-state index in [1.807, 2.05) is 42.5 Å². The summed E-state index contributed by atoms with van der Waals surface area (Å²) in [7, 11) is 0. The molecule has 2 heterocycles. The highest BCUT2D eigenvalue weighted by molar-refractivity contribution is 5.89. The van der Waals surface area contributed by atoms with Crippen LogP contribution in [-0.4, -0.2) is 20.9 Å². The van der Waals surface area contributed by atoms with E-state index in [1.165, 1.54) is 6.92 Å². The second-order valence-electron chi connectivity index (χ2n) is 4.89. The Labute approximate surface area is 133 Å². The minimum Gasteiger partial charge on any atom is -0.326 e. The molecule has 0 saturated carbocycles. The molecule has 3 aromatic rings. The molecular weight excluding hydrogens is 290 g/mol. The molecule has 1 amide bonds. The van der Waals surface area contributed by atoms with Crippen LogP contribution in [0, 0.1) is 0 Å². The minimum atomic E-state index is -0.114. The van der Waals surface area contributed by atoms with Crippen LogP contribution < -0.4 is 10.6 Å².